The molecule has 0 bridgehead atoms. The van der Waals surface area contributed by atoms with Gasteiger partial charge >= 0.3 is 0 Å². The van der Waals surface area contributed by atoms with Crippen molar-refractivity contribution >= 4 is 56.8 Å². The van der Waals surface area contributed by atoms with Crippen molar-refractivity contribution in [2.45, 2.75) is 13.2 Å². The fourth-order valence-corrected chi connectivity index (χ4v) is 4.28. The Balaban J connectivity index is 1.42. The molecule has 0 saturated heterocycles. The van der Waals surface area contributed by atoms with Crippen molar-refractivity contribution in [1.29, 1.82) is 5.26 Å². The van der Waals surface area contributed by atoms with Crippen LogP contribution in [0.4, 0.5) is 5.69 Å². The van der Waals surface area contributed by atoms with E-state index in [2.05, 4.69) is 21.2 Å². The largest absolute Gasteiger partial charge is 0.489 e. The van der Waals surface area contributed by atoms with Gasteiger partial charge in [0.15, 0.2) is 0 Å². The molecule has 0 aliphatic heterocycles. The van der Waals surface area contributed by atoms with Crippen molar-refractivity contribution in [2.24, 2.45) is 0 Å². The van der Waals surface area contributed by atoms with E-state index in [0.717, 1.165) is 15.6 Å². The topological polar surface area (TPSA) is 71.3 Å². The third kappa shape index (κ3) is 7.62. The van der Waals surface area contributed by atoms with Gasteiger partial charge in [-0.1, -0.05) is 75.5 Å². The van der Waals surface area contributed by atoms with Crippen LogP contribution in [0.5, 0.6) is 11.5 Å². The number of hydrogen-bond acceptors (Lipinski definition) is 4. The highest BCUT2D eigenvalue weighted by Gasteiger charge is 2.13. The number of benzene rings is 4. The van der Waals surface area contributed by atoms with Gasteiger partial charge in [-0.25, -0.2) is 0 Å². The number of hydrogen-bond donors (Lipinski definition) is 1. The number of anilines is 1. The molecule has 0 spiro atoms. The fraction of sp³-hybridized carbons (Fsp3) is 0.0667. The van der Waals surface area contributed by atoms with Crippen LogP contribution >= 0.6 is 39.1 Å². The number of halogens is 3. The minimum absolute atomic E-state index is 0.0645. The van der Waals surface area contributed by atoms with E-state index in [-0.39, 0.29) is 12.2 Å². The first-order valence-corrected chi connectivity index (χ1v) is 13.0. The molecule has 8 heteroatoms. The lowest BCUT2D eigenvalue weighted by molar-refractivity contribution is -0.112. The first-order chi connectivity index (χ1) is 18.4. The molecule has 0 heterocycles. The van der Waals surface area contributed by atoms with E-state index >= 15 is 0 Å². The Kier molecular flexibility index (Phi) is 9.45. The molecule has 0 atom stereocenters. The van der Waals surface area contributed by atoms with Crippen LogP contribution in [0.25, 0.3) is 6.08 Å². The molecular weight excluding hydrogens is 587 g/mol. The number of rotatable bonds is 9. The summed E-state index contributed by atoms with van der Waals surface area (Å²) in [6, 6.07) is 29.2. The average molecular weight is 608 g/mol. The zero-order valence-electron chi connectivity index (χ0n) is 20.0. The molecule has 0 aliphatic carbocycles. The van der Waals surface area contributed by atoms with Crippen LogP contribution < -0.4 is 14.8 Å². The second-order valence-electron chi connectivity index (χ2n) is 8.13. The molecule has 4 aromatic carbocycles. The first kappa shape index (κ1) is 27.3. The molecule has 0 unspecified atom stereocenters. The van der Waals surface area contributed by atoms with Gasteiger partial charge in [0.1, 0.15) is 36.4 Å². The van der Waals surface area contributed by atoms with Gasteiger partial charge in [-0.15, -0.1) is 0 Å². The molecule has 0 aliphatic rings. The summed E-state index contributed by atoms with van der Waals surface area (Å²) in [5.74, 6) is 0.613. The maximum Gasteiger partial charge on any atom is 0.266 e. The Labute approximate surface area is 239 Å². The second-order valence-corrected chi connectivity index (χ2v) is 9.89. The standard InChI is InChI=1S/C30H21BrCl2N2O3/c31-24-7-13-29(38-18-20-4-2-1-3-5-20)22(15-24)14-23(17-34)30(36)35-26-9-11-27(12-10-26)37-19-21-6-8-25(32)16-28(21)33/h1-16H,18-19H2,(H,35,36)/b23-14+. The summed E-state index contributed by atoms with van der Waals surface area (Å²) >= 11 is 15.6. The Morgan fingerprint density at radius 1 is 0.921 bits per heavy atom. The van der Waals surface area contributed by atoms with Gasteiger partial charge in [-0.3, -0.25) is 4.79 Å². The van der Waals surface area contributed by atoms with Gasteiger partial charge in [-0.2, -0.15) is 5.26 Å². The van der Waals surface area contributed by atoms with Gasteiger partial charge in [0.2, 0.25) is 0 Å². The second kappa shape index (κ2) is 13.2. The van der Waals surface area contributed by atoms with Crippen molar-refractivity contribution in [3.05, 3.63) is 128 Å². The lowest BCUT2D eigenvalue weighted by Crippen LogP contribution is -2.13. The zero-order chi connectivity index (χ0) is 26.9. The minimum atomic E-state index is -0.539. The number of nitrogens with one attached hydrogen (secondary N) is 1. The van der Waals surface area contributed by atoms with E-state index in [1.165, 1.54) is 6.08 Å². The Hall–Kier alpha value is -3.76. The van der Waals surface area contributed by atoms with Crippen molar-refractivity contribution in [2.75, 3.05) is 5.32 Å². The third-order valence-corrected chi connectivity index (χ3v) is 6.48. The SMILES string of the molecule is N#C/C(=C\c1cc(Br)ccc1OCc1ccccc1)C(=O)Nc1ccc(OCc2ccc(Cl)cc2Cl)cc1. The molecule has 4 aromatic rings. The van der Waals surface area contributed by atoms with Crippen LogP contribution in [0, 0.1) is 11.3 Å². The first-order valence-electron chi connectivity index (χ1n) is 11.5. The summed E-state index contributed by atoms with van der Waals surface area (Å²) in [7, 11) is 0. The molecule has 190 valence electrons. The number of nitrogens with zero attached hydrogens (tertiary/aromatic N) is 1. The van der Waals surface area contributed by atoms with E-state index in [4.69, 9.17) is 32.7 Å². The summed E-state index contributed by atoms with van der Waals surface area (Å²) in [6.07, 6.45) is 1.51. The number of carbonyl (C=O) groups is 1. The lowest BCUT2D eigenvalue weighted by atomic mass is 10.1. The zero-order valence-corrected chi connectivity index (χ0v) is 23.1. The summed E-state index contributed by atoms with van der Waals surface area (Å²) in [4.78, 5) is 12.9. The molecule has 4 rings (SSSR count). The molecular formula is C30H21BrCl2N2O3. The fourth-order valence-electron chi connectivity index (χ4n) is 3.44. The lowest BCUT2D eigenvalue weighted by Gasteiger charge is -2.11. The number of ether oxygens (including phenoxy) is 2. The Morgan fingerprint density at radius 3 is 2.39 bits per heavy atom. The molecule has 1 N–H and O–H groups in total. The maximum atomic E-state index is 12.9. The van der Waals surface area contributed by atoms with Crippen molar-refractivity contribution in [1.82, 2.24) is 0 Å². The Morgan fingerprint density at radius 2 is 1.68 bits per heavy atom. The quantitative estimate of drug-likeness (QED) is 0.153. The van der Waals surface area contributed by atoms with Crippen LogP contribution in [0.2, 0.25) is 10.0 Å². The number of amides is 1. The minimum Gasteiger partial charge on any atom is -0.489 e. The monoisotopic (exact) mass is 606 g/mol. The van der Waals surface area contributed by atoms with E-state index < -0.39 is 5.91 Å². The van der Waals surface area contributed by atoms with E-state index in [1.807, 2.05) is 42.5 Å². The van der Waals surface area contributed by atoms with Crippen molar-refractivity contribution in [3.8, 4) is 17.6 Å². The summed E-state index contributed by atoms with van der Waals surface area (Å²) in [5.41, 5.74) is 2.86. The van der Waals surface area contributed by atoms with Crippen LogP contribution in [-0.4, -0.2) is 5.91 Å². The van der Waals surface area contributed by atoms with Gasteiger partial charge in [-0.05, 0) is 66.2 Å². The summed E-state index contributed by atoms with van der Waals surface area (Å²) < 4.78 is 12.5. The van der Waals surface area contributed by atoms with Gasteiger partial charge < -0.3 is 14.8 Å². The average Bonchev–Trinajstić information content (AvgIpc) is 2.92. The smallest absolute Gasteiger partial charge is 0.266 e. The number of nitriles is 1. The summed E-state index contributed by atoms with van der Waals surface area (Å²) in [5, 5.41) is 13.5. The van der Waals surface area contributed by atoms with Crippen LogP contribution in [0.3, 0.4) is 0 Å². The van der Waals surface area contributed by atoms with Gasteiger partial charge in [0, 0.05) is 31.3 Å². The van der Waals surface area contributed by atoms with Crippen LogP contribution in [0.1, 0.15) is 16.7 Å². The van der Waals surface area contributed by atoms with Gasteiger partial charge in [0.05, 0.1) is 0 Å². The highest BCUT2D eigenvalue weighted by atomic mass is 79.9. The van der Waals surface area contributed by atoms with Gasteiger partial charge in [0.25, 0.3) is 5.91 Å². The molecule has 0 fully saturated rings. The predicted molar refractivity (Wildman–Crippen MR) is 154 cm³/mol. The highest BCUT2D eigenvalue weighted by Crippen LogP contribution is 2.27. The third-order valence-electron chi connectivity index (χ3n) is 5.40. The molecule has 0 saturated carbocycles. The number of carbonyl (C=O) groups excluding carboxylic acids is 1. The van der Waals surface area contributed by atoms with E-state index in [1.54, 1.807) is 54.6 Å². The van der Waals surface area contributed by atoms with Crippen LogP contribution in [-0.2, 0) is 18.0 Å². The van der Waals surface area contributed by atoms with Crippen molar-refractivity contribution < 1.29 is 14.3 Å². The predicted octanol–water partition coefficient (Wildman–Crippen LogP) is 8.46. The Bertz CT molecular complexity index is 1500. The highest BCUT2D eigenvalue weighted by molar-refractivity contribution is 9.10. The molecule has 0 radical (unpaired) electrons. The molecule has 38 heavy (non-hydrogen) atoms. The molecule has 1 amide bonds. The normalized spacial score (nSPS) is 10.9. The maximum absolute atomic E-state index is 12.9. The molecule has 0 aromatic heterocycles. The summed E-state index contributed by atoms with van der Waals surface area (Å²) in [6.45, 7) is 0.625. The van der Waals surface area contributed by atoms with Crippen LogP contribution in [0.15, 0.2) is 101 Å². The van der Waals surface area contributed by atoms with Crippen molar-refractivity contribution in [3.63, 3.8) is 0 Å². The molecule has 5 nitrogen and oxygen atoms in total. The van der Waals surface area contributed by atoms with E-state index in [9.17, 15) is 10.1 Å². The van der Waals surface area contributed by atoms with E-state index in [0.29, 0.717) is 39.4 Å².